The van der Waals surface area contributed by atoms with Crippen LogP contribution in [0.4, 0.5) is 5.82 Å². The van der Waals surface area contributed by atoms with E-state index in [0.29, 0.717) is 23.5 Å². The summed E-state index contributed by atoms with van der Waals surface area (Å²) in [7, 11) is -0.717. The van der Waals surface area contributed by atoms with Gasteiger partial charge in [-0.15, -0.1) is 11.3 Å². The molecule has 2 N–H and O–H groups in total. The van der Waals surface area contributed by atoms with E-state index in [1.807, 2.05) is 17.5 Å². The lowest BCUT2D eigenvalue weighted by Crippen LogP contribution is -2.22. The highest BCUT2D eigenvalue weighted by atomic mass is 32.2. The van der Waals surface area contributed by atoms with Gasteiger partial charge >= 0.3 is 0 Å². The fraction of sp³-hybridized carbons (Fsp3) is 0.217. The molecule has 0 unspecified atom stereocenters. The Balaban J connectivity index is 1.51. The van der Waals surface area contributed by atoms with E-state index < -0.39 is 15.9 Å². The number of benzene rings is 1. The Labute approximate surface area is 205 Å². The summed E-state index contributed by atoms with van der Waals surface area (Å²) in [5, 5.41) is 9.34. The van der Waals surface area contributed by atoms with Gasteiger partial charge in [0, 0.05) is 31.3 Å². The summed E-state index contributed by atoms with van der Waals surface area (Å²) in [6, 6.07) is 11.2. The van der Waals surface area contributed by atoms with Crippen molar-refractivity contribution in [3.05, 3.63) is 75.0 Å². The molecule has 10 nitrogen and oxygen atoms in total. The molecule has 1 aliphatic carbocycles. The van der Waals surface area contributed by atoms with Crippen LogP contribution in [0, 0.1) is 0 Å². The minimum absolute atomic E-state index is 0.0870. The fourth-order valence-corrected chi connectivity index (χ4v) is 5.47. The predicted octanol–water partition coefficient (Wildman–Crippen LogP) is 2.68. The van der Waals surface area contributed by atoms with Crippen molar-refractivity contribution in [1.82, 2.24) is 24.1 Å². The number of H-pyrrole nitrogens is 1. The zero-order valence-corrected chi connectivity index (χ0v) is 20.6. The van der Waals surface area contributed by atoms with Gasteiger partial charge in [-0.05, 0) is 55.0 Å². The zero-order valence-electron chi connectivity index (χ0n) is 19.0. The number of aromatic nitrogens is 4. The van der Waals surface area contributed by atoms with Gasteiger partial charge in [0.15, 0.2) is 0 Å². The van der Waals surface area contributed by atoms with E-state index in [2.05, 4.69) is 20.4 Å². The molecule has 3 heterocycles. The fourth-order valence-electron chi connectivity index (χ4n) is 3.88. The standard InChI is InChI=1S/C23H22N6O4S2/c1-28(2)35(32,33)15-10-8-14(9-11-15)21(30)25-20-13-18(19-7-4-12-34-19)27-29(20)23-24-17-6-3-5-16(17)22(31)26-23/h4,7-13H,3,5-6H2,1-2H3,(H,25,30)(H,24,26,31). The topological polar surface area (TPSA) is 130 Å². The maximum atomic E-state index is 13.0. The number of anilines is 1. The third kappa shape index (κ3) is 4.31. The van der Waals surface area contributed by atoms with Gasteiger partial charge in [-0.2, -0.15) is 9.78 Å². The van der Waals surface area contributed by atoms with E-state index in [1.54, 1.807) is 6.07 Å². The second-order valence-corrected chi connectivity index (χ2v) is 11.3. The van der Waals surface area contributed by atoms with E-state index in [4.69, 9.17) is 0 Å². The summed E-state index contributed by atoms with van der Waals surface area (Å²) in [5.74, 6) is 0.0897. The number of hydrogen-bond acceptors (Lipinski definition) is 7. The van der Waals surface area contributed by atoms with Crippen LogP contribution in [0.1, 0.15) is 28.0 Å². The number of amides is 1. The van der Waals surface area contributed by atoms with E-state index >= 15 is 0 Å². The molecule has 0 bridgehead atoms. The van der Waals surface area contributed by atoms with Gasteiger partial charge in [0.1, 0.15) is 11.5 Å². The first-order valence-electron chi connectivity index (χ1n) is 10.8. The molecule has 12 heteroatoms. The molecule has 0 fully saturated rings. The van der Waals surface area contributed by atoms with Crippen LogP contribution in [0.2, 0.25) is 0 Å². The molecular weight excluding hydrogens is 488 g/mol. The Morgan fingerprint density at radius 3 is 2.63 bits per heavy atom. The molecule has 35 heavy (non-hydrogen) atoms. The van der Waals surface area contributed by atoms with Crippen molar-refractivity contribution in [1.29, 1.82) is 0 Å². The third-order valence-electron chi connectivity index (χ3n) is 5.75. The highest BCUT2D eigenvalue weighted by Gasteiger charge is 2.22. The molecule has 5 rings (SSSR count). The number of sulfonamides is 1. The number of thiophene rings is 1. The predicted molar refractivity (Wildman–Crippen MR) is 133 cm³/mol. The zero-order chi connectivity index (χ0) is 24.7. The number of carbonyl (C=O) groups excluding carboxylic acids is 1. The van der Waals surface area contributed by atoms with Crippen molar-refractivity contribution >= 4 is 33.1 Å². The van der Waals surface area contributed by atoms with Crippen molar-refractivity contribution in [2.75, 3.05) is 19.4 Å². The molecule has 0 saturated heterocycles. The number of rotatable bonds is 6. The van der Waals surface area contributed by atoms with Crippen molar-refractivity contribution in [3.8, 4) is 16.5 Å². The van der Waals surface area contributed by atoms with Crippen LogP contribution in [0.5, 0.6) is 0 Å². The van der Waals surface area contributed by atoms with Crippen molar-refractivity contribution in [2.24, 2.45) is 0 Å². The lowest BCUT2D eigenvalue weighted by molar-refractivity contribution is 0.102. The summed E-state index contributed by atoms with van der Waals surface area (Å²) in [5.41, 5.74) is 2.12. The highest BCUT2D eigenvalue weighted by Crippen LogP contribution is 2.28. The van der Waals surface area contributed by atoms with E-state index in [9.17, 15) is 18.0 Å². The Bertz CT molecular complexity index is 1570. The average Bonchev–Trinajstić information content (AvgIpc) is 3.59. The van der Waals surface area contributed by atoms with E-state index in [0.717, 1.165) is 27.7 Å². The first-order valence-corrected chi connectivity index (χ1v) is 13.2. The minimum Gasteiger partial charge on any atom is -0.306 e. The second kappa shape index (κ2) is 8.87. The summed E-state index contributed by atoms with van der Waals surface area (Å²) in [6.45, 7) is 0. The molecule has 180 valence electrons. The molecule has 0 spiro atoms. The summed E-state index contributed by atoms with van der Waals surface area (Å²) < 4.78 is 27.1. The lowest BCUT2D eigenvalue weighted by Gasteiger charge is -2.12. The Morgan fingerprint density at radius 2 is 1.94 bits per heavy atom. The SMILES string of the molecule is CN(C)S(=O)(=O)c1ccc(C(=O)Nc2cc(-c3cccs3)nn2-c2nc3c(c(=O)[nH]2)CCC3)cc1. The van der Waals surface area contributed by atoms with Gasteiger partial charge in [-0.3, -0.25) is 14.6 Å². The summed E-state index contributed by atoms with van der Waals surface area (Å²) in [4.78, 5) is 34.0. The molecule has 1 amide bonds. The molecule has 0 aliphatic heterocycles. The molecule has 1 aromatic carbocycles. The number of nitrogens with one attached hydrogen (secondary N) is 2. The van der Waals surface area contributed by atoms with Gasteiger partial charge in [0.05, 0.1) is 15.5 Å². The second-order valence-electron chi connectivity index (χ2n) is 8.24. The van der Waals surface area contributed by atoms with Crippen molar-refractivity contribution in [2.45, 2.75) is 24.2 Å². The largest absolute Gasteiger partial charge is 0.306 e. The summed E-state index contributed by atoms with van der Waals surface area (Å²) >= 11 is 1.50. The Hall–Kier alpha value is -3.61. The van der Waals surface area contributed by atoms with Crippen LogP contribution >= 0.6 is 11.3 Å². The number of hydrogen-bond donors (Lipinski definition) is 2. The van der Waals surface area contributed by atoms with Crippen LogP contribution < -0.4 is 10.9 Å². The number of fused-ring (bicyclic) bond motifs is 1. The van der Waals surface area contributed by atoms with Crippen LogP contribution in [0.3, 0.4) is 0 Å². The monoisotopic (exact) mass is 510 g/mol. The molecule has 3 aromatic heterocycles. The van der Waals surface area contributed by atoms with Gasteiger partial charge in [-0.1, -0.05) is 6.07 Å². The smallest absolute Gasteiger partial charge is 0.256 e. The van der Waals surface area contributed by atoms with Gasteiger partial charge in [0.25, 0.3) is 11.5 Å². The molecule has 0 radical (unpaired) electrons. The number of aryl methyl sites for hydroxylation is 1. The normalized spacial score (nSPS) is 13.2. The van der Waals surface area contributed by atoms with Gasteiger partial charge in [0.2, 0.25) is 16.0 Å². The quantitative estimate of drug-likeness (QED) is 0.410. The van der Waals surface area contributed by atoms with Crippen molar-refractivity contribution in [3.63, 3.8) is 0 Å². The van der Waals surface area contributed by atoms with Crippen LogP contribution in [-0.4, -0.2) is 52.5 Å². The molecular formula is C23H22N6O4S2. The number of nitrogens with zero attached hydrogens (tertiary/aromatic N) is 4. The first-order chi connectivity index (χ1) is 16.7. The van der Waals surface area contributed by atoms with Crippen molar-refractivity contribution < 1.29 is 13.2 Å². The summed E-state index contributed by atoms with van der Waals surface area (Å²) in [6.07, 6.45) is 2.29. The average molecular weight is 511 g/mol. The first kappa shape index (κ1) is 23.1. The maximum Gasteiger partial charge on any atom is 0.256 e. The van der Waals surface area contributed by atoms with Crippen LogP contribution in [0.25, 0.3) is 16.5 Å². The maximum absolute atomic E-state index is 13.0. The molecule has 1 aliphatic rings. The lowest BCUT2D eigenvalue weighted by atomic mass is 10.2. The third-order valence-corrected chi connectivity index (χ3v) is 8.47. The van der Waals surface area contributed by atoms with Gasteiger partial charge in [-0.25, -0.2) is 17.7 Å². The Kier molecular flexibility index (Phi) is 5.87. The van der Waals surface area contributed by atoms with Crippen LogP contribution in [-0.2, 0) is 22.9 Å². The molecule has 0 atom stereocenters. The highest BCUT2D eigenvalue weighted by molar-refractivity contribution is 7.89. The molecule has 4 aromatic rings. The minimum atomic E-state index is -3.61. The number of carbonyl (C=O) groups is 1. The van der Waals surface area contributed by atoms with E-state index in [-0.39, 0.29) is 22.0 Å². The van der Waals surface area contributed by atoms with E-state index in [1.165, 1.54) is 54.4 Å². The Morgan fingerprint density at radius 1 is 1.17 bits per heavy atom. The molecule has 0 saturated carbocycles. The van der Waals surface area contributed by atoms with Gasteiger partial charge < -0.3 is 5.32 Å². The van der Waals surface area contributed by atoms with Crippen LogP contribution in [0.15, 0.2) is 57.5 Å². The number of aromatic amines is 1.